The molecular formula is C19H29NO. The number of rotatable bonds is 3. The molecule has 4 unspecified atom stereocenters. The van der Waals surface area contributed by atoms with Crippen molar-refractivity contribution in [1.82, 2.24) is 5.32 Å². The van der Waals surface area contributed by atoms with Gasteiger partial charge in [-0.1, -0.05) is 57.5 Å². The van der Waals surface area contributed by atoms with Gasteiger partial charge in [0.25, 0.3) is 0 Å². The van der Waals surface area contributed by atoms with Crippen LogP contribution in [0.5, 0.6) is 0 Å². The van der Waals surface area contributed by atoms with Gasteiger partial charge in [0.1, 0.15) is 0 Å². The van der Waals surface area contributed by atoms with Crippen LogP contribution in [0.3, 0.4) is 0 Å². The summed E-state index contributed by atoms with van der Waals surface area (Å²) >= 11 is 0. The summed E-state index contributed by atoms with van der Waals surface area (Å²) in [6.07, 6.45) is 5.67. The zero-order valence-electron chi connectivity index (χ0n) is 13.6. The van der Waals surface area contributed by atoms with Gasteiger partial charge in [-0.05, 0) is 36.2 Å². The van der Waals surface area contributed by atoms with Crippen molar-refractivity contribution in [1.29, 1.82) is 0 Å². The number of nitrogens with one attached hydrogen (secondary N) is 1. The average Bonchev–Trinajstić information content (AvgIpc) is 2.54. The molecule has 3 rings (SSSR count). The molecule has 21 heavy (non-hydrogen) atoms. The molecule has 0 radical (unpaired) electrons. The van der Waals surface area contributed by atoms with Gasteiger partial charge in [-0.25, -0.2) is 0 Å². The first-order valence-electron chi connectivity index (χ1n) is 8.54. The standard InChI is InChI=1S/C19H29NO/c1-4-19(2,3)15-10-11-17-16(12-15)20-13-18(21-17)14-8-6-5-7-9-14/h5-9,15-18,20H,4,10-13H2,1-3H3. The molecule has 0 aromatic heterocycles. The summed E-state index contributed by atoms with van der Waals surface area (Å²) in [5, 5.41) is 3.77. The number of ether oxygens (including phenoxy) is 1. The first-order valence-corrected chi connectivity index (χ1v) is 8.54. The van der Waals surface area contributed by atoms with Gasteiger partial charge in [-0.15, -0.1) is 0 Å². The summed E-state index contributed by atoms with van der Waals surface area (Å²) in [4.78, 5) is 0. The second kappa shape index (κ2) is 6.10. The number of benzene rings is 1. The first-order chi connectivity index (χ1) is 10.1. The summed E-state index contributed by atoms with van der Waals surface area (Å²) < 4.78 is 6.41. The number of morpholine rings is 1. The van der Waals surface area contributed by atoms with Gasteiger partial charge >= 0.3 is 0 Å². The average molecular weight is 287 g/mol. The maximum atomic E-state index is 6.41. The van der Waals surface area contributed by atoms with Crippen molar-refractivity contribution in [2.75, 3.05) is 6.54 Å². The molecule has 1 aliphatic carbocycles. The quantitative estimate of drug-likeness (QED) is 0.894. The monoisotopic (exact) mass is 287 g/mol. The lowest BCUT2D eigenvalue weighted by molar-refractivity contribution is -0.0953. The molecule has 2 fully saturated rings. The molecular weight excluding hydrogens is 258 g/mol. The second-order valence-corrected chi connectivity index (χ2v) is 7.44. The Hall–Kier alpha value is -0.860. The summed E-state index contributed by atoms with van der Waals surface area (Å²) in [5.41, 5.74) is 1.77. The SMILES string of the molecule is CCC(C)(C)C1CCC2OC(c3ccccc3)CNC2C1. The topological polar surface area (TPSA) is 21.3 Å². The van der Waals surface area contributed by atoms with E-state index >= 15 is 0 Å². The van der Waals surface area contributed by atoms with E-state index in [0.29, 0.717) is 17.6 Å². The number of fused-ring (bicyclic) bond motifs is 1. The Morgan fingerprint density at radius 3 is 2.67 bits per heavy atom. The lowest BCUT2D eigenvalue weighted by Gasteiger charge is -2.47. The van der Waals surface area contributed by atoms with Crippen LogP contribution in [0, 0.1) is 11.3 Å². The molecule has 1 heterocycles. The molecule has 0 spiro atoms. The zero-order valence-corrected chi connectivity index (χ0v) is 13.6. The van der Waals surface area contributed by atoms with E-state index < -0.39 is 0 Å². The van der Waals surface area contributed by atoms with Crippen molar-refractivity contribution >= 4 is 0 Å². The molecule has 1 N–H and O–H groups in total. The van der Waals surface area contributed by atoms with Crippen LogP contribution < -0.4 is 5.32 Å². The van der Waals surface area contributed by atoms with Gasteiger partial charge < -0.3 is 10.1 Å². The highest BCUT2D eigenvalue weighted by atomic mass is 16.5. The lowest BCUT2D eigenvalue weighted by Crippen LogP contribution is -2.53. The second-order valence-electron chi connectivity index (χ2n) is 7.44. The van der Waals surface area contributed by atoms with Crippen LogP contribution in [0.4, 0.5) is 0 Å². The summed E-state index contributed by atoms with van der Waals surface area (Å²) in [6, 6.07) is 11.2. The van der Waals surface area contributed by atoms with Crippen LogP contribution in [-0.4, -0.2) is 18.7 Å². The Kier molecular flexibility index (Phi) is 4.37. The Balaban J connectivity index is 1.63. The first kappa shape index (κ1) is 15.1. The Morgan fingerprint density at radius 2 is 1.95 bits per heavy atom. The molecule has 116 valence electrons. The largest absolute Gasteiger partial charge is 0.367 e. The van der Waals surface area contributed by atoms with Crippen molar-refractivity contribution in [3.8, 4) is 0 Å². The van der Waals surface area contributed by atoms with E-state index in [4.69, 9.17) is 4.74 Å². The fourth-order valence-electron chi connectivity index (χ4n) is 3.90. The van der Waals surface area contributed by atoms with Gasteiger partial charge in [0.15, 0.2) is 0 Å². The molecule has 0 amide bonds. The molecule has 0 bridgehead atoms. The predicted molar refractivity (Wildman–Crippen MR) is 87.3 cm³/mol. The normalized spacial score (nSPS) is 33.5. The molecule has 1 aliphatic heterocycles. The van der Waals surface area contributed by atoms with E-state index in [0.717, 1.165) is 12.5 Å². The van der Waals surface area contributed by atoms with Crippen LogP contribution in [0.25, 0.3) is 0 Å². The minimum Gasteiger partial charge on any atom is -0.367 e. The Labute approximate surface area is 129 Å². The molecule has 1 aromatic rings. The fraction of sp³-hybridized carbons (Fsp3) is 0.684. The molecule has 2 aliphatic rings. The van der Waals surface area contributed by atoms with Crippen LogP contribution in [-0.2, 0) is 4.74 Å². The predicted octanol–water partition coefficient (Wildman–Crippen LogP) is 4.32. The lowest BCUT2D eigenvalue weighted by atomic mass is 9.67. The van der Waals surface area contributed by atoms with Crippen LogP contribution >= 0.6 is 0 Å². The fourth-order valence-corrected chi connectivity index (χ4v) is 3.90. The van der Waals surface area contributed by atoms with Crippen LogP contribution in [0.1, 0.15) is 58.1 Å². The molecule has 1 aromatic carbocycles. The summed E-state index contributed by atoms with van der Waals surface area (Å²) in [7, 11) is 0. The molecule has 2 nitrogen and oxygen atoms in total. The highest BCUT2D eigenvalue weighted by Gasteiger charge is 2.40. The maximum Gasteiger partial charge on any atom is 0.0953 e. The zero-order chi connectivity index (χ0) is 14.9. The molecule has 1 saturated heterocycles. The van der Waals surface area contributed by atoms with Crippen molar-refractivity contribution in [2.45, 2.75) is 64.7 Å². The van der Waals surface area contributed by atoms with Gasteiger partial charge in [-0.3, -0.25) is 0 Å². The summed E-state index contributed by atoms with van der Waals surface area (Å²) in [5.74, 6) is 0.827. The maximum absolute atomic E-state index is 6.41. The van der Waals surface area contributed by atoms with E-state index in [2.05, 4.69) is 56.4 Å². The van der Waals surface area contributed by atoms with Crippen molar-refractivity contribution in [3.05, 3.63) is 35.9 Å². The van der Waals surface area contributed by atoms with Gasteiger partial charge in [-0.2, -0.15) is 0 Å². The molecule has 2 heteroatoms. The van der Waals surface area contributed by atoms with E-state index in [1.807, 2.05) is 0 Å². The van der Waals surface area contributed by atoms with E-state index in [9.17, 15) is 0 Å². The van der Waals surface area contributed by atoms with E-state index in [-0.39, 0.29) is 6.10 Å². The van der Waals surface area contributed by atoms with E-state index in [1.165, 1.54) is 31.2 Å². The van der Waals surface area contributed by atoms with Crippen molar-refractivity contribution < 1.29 is 4.74 Å². The molecule has 1 saturated carbocycles. The minimum absolute atomic E-state index is 0.225. The molecule has 4 atom stereocenters. The van der Waals surface area contributed by atoms with Crippen molar-refractivity contribution in [3.63, 3.8) is 0 Å². The van der Waals surface area contributed by atoms with Crippen LogP contribution in [0.2, 0.25) is 0 Å². The summed E-state index contributed by atoms with van der Waals surface area (Å²) in [6.45, 7) is 8.12. The van der Waals surface area contributed by atoms with Gasteiger partial charge in [0, 0.05) is 12.6 Å². The number of hydrogen-bond donors (Lipinski definition) is 1. The van der Waals surface area contributed by atoms with Gasteiger partial charge in [0.05, 0.1) is 12.2 Å². The Bertz CT molecular complexity index is 456. The van der Waals surface area contributed by atoms with Crippen molar-refractivity contribution in [2.24, 2.45) is 11.3 Å². The van der Waals surface area contributed by atoms with E-state index in [1.54, 1.807) is 0 Å². The third-order valence-corrected chi connectivity index (χ3v) is 5.88. The third kappa shape index (κ3) is 3.17. The highest BCUT2D eigenvalue weighted by molar-refractivity contribution is 5.18. The van der Waals surface area contributed by atoms with Crippen LogP contribution in [0.15, 0.2) is 30.3 Å². The highest BCUT2D eigenvalue weighted by Crippen LogP contribution is 2.43. The smallest absolute Gasteiger partial charge is 0.0953 e. The third-order valence-electron chi connectivity index (χ3n) is 5.88. The minimum atomic E-state index is 0.225. The van der Waals surface area contributed by atoms with Gasteiger partial charge in [0.2, 0.25) is 0 Å². The Morgan fingerprint density at radius 1 is 1.19 bits per heavy atom. The number of hydrogen-bond acceptors (Lipinski definition) is 2.